The van der Waals surface area contributed by atoms with Crippen LogP contribution in [0.15, 0.2) is 48.1 Å². The molecule has 0 aliphatic heterocycles. The number of methoxy groups -OCH3 is 1. The highest BCUT2D eigenvalue weighted by molar-refractivity contribution is 5.71. The van der Waals surface area contributed by atoms with Crippen molar-refractivity contribution >= 4 is 5.57 Å². The quantitative estimate of drug-likeness (QED) is 0.558. The number of hydrogen-bond donors (Lipinski definition) is 0. The van der Waals surface area contributed by atoms with Crippen LogP contribution >= 0.6 is 0 Å². The van der Waals surface area contributed by atoms with Gasteiger partial charge in [-0.3, -0.25) is 0 Å². The summed E-state index contributed by atoms with van der Waals surface area (Å²) in [5.41, 5.74) is 4.10. The van der Waals surface area contributed by atoms with Gasteiger partial charge in [0.1, 0.15) is 0 Å². The molecule has 1 aliphatic carbocycles. The largest absolute Gasteiger partial charge is 0.374 e. The van der Waals surface area contributed by atoms with Crippen LogP contribution in [0.25, 0.3) is 5.57 Å². The molecule has 1 atom stereocenters. The molecule has 0 spiro atoms. The predicted octanol–water partition coefficient (Wildman–Crippen LogP) is 6.17. The number of rotatable bonds is 8. The molecule has 120 valence electrons. The number of hydrogen-bond acceptors (Lipinski definition) is 1. The van der Waals surface area contributed by atoms with E-state index in [-0.39, 0.29) is 5.60 Å². The predicted molar refractivity (Wildman–Crippen MR) is 95.9 cm³/mol. The monoisotopic (exact) mass is 298 g/mol. The van der Waals surface area contributed by atoms with Crippen LogP contribution in [0.1, 0.15) is 64.4 Å². The summed E-state index contributed by atoms with van der Waals surface area (Å²) in [5, 5.41) is 0. The topological polar surface area (TPSA) is 9.23 Å². The van der Waals surface area contributed by atoms with Gasteiger partial charge < -0.3 is 4.74 Å². The van der Waals surface area contributed by atoms with Crippen molar-refractivity contribution in [1.29, 1.82) is 0 Å². The Bertz CT molecular complexity index is 512. The van der Waals surface area contributed by atoms with Gasteiger partial charge in [-0.1, -0.05) is 69.5 Å². The Morgan fingerprint density at radius 2 is 1.77 bits per heavy atom. The normalized spacial score (nSPS) is 21.4. The Balaban J connectivity index is 2.30. The van der Waals surface area contributed by atoms with Gasteiger partial charge in [-0.2, -0.15) is 0 Å². The molecular formula is C21H30O. The van der Waals surface area contributed by atoms with Crippen LogP contribution in [0.3, 0.4) is 0 Å². The molecule has 1 nitrogen and oxygen atoms in total. The van der Waals surface area contributed by atoms with Gasteiger partial charge in [0.15, 0.2) is 0 Å². The van der Waals surface area contributed by atoms with Crippen LogP contribution in [0.2, 0.25) is 0 Å². The molecule has 1 heteroatoms. The van der Waals surface area contributed by atoms with E-state index in [4.69, 9.17) is 4.74 Å². The zero-order chi connectivity index (χ0) is 15.8. The van der Waals surface area contributed by atoms with Gasteiger partial charge in [-0.15, -0.1) is 0 Å². The zero-order valence-electron chi connectivity index (χ0n) is 14.4. The Hall–Kier alpha value is -1.34. The molecule has 1 unspecified atom stereocenters. The molecule has 1 aromatic carbocycles. The highest BCUT2D eigenvalue weighted by atomic mass is 16.5. The van der Waals surface area contributed by atoms with Gasteiger partial charge in [-0.05, 0) is 42.0 Å². The molecule has 0 bridgehead atoms. The van der Waals surface area contributed by atoms with Crippen molar-refractivity contribution in [3.8, 4) is 0 Å². The summed E-state index contributed by atoms with van der Waals surface area (Å²) in [6, 6.07) is 10.8. The first kappa shape index (κ1) is 17.0. The van der Waals surface area contributed by atoms with E-state index in [2.05, 4.69) is 56.3 Å². The summed E-state index contributed by atoms with van der Waals surface area (Å²) in [4.78, 5) is 0. The van der Waals surface area contributed by atoms with Crippen molar-refractivity contribution in [2.45, 2.75) is 64.4 Å². The lowest BCUT2D eigenvalue weighted by Crippen LogP contribution is -2.31. The summed E-state index contributed by atoms with van der Waals surface area (Å²) < 4.78 is 6.03. The summed E-state index contributed by atoms with van der Waals surface area (Å²) in [5.74, 6) is 0. The van der Waals surface area contributed by atoms with E-state index in [1.807, 2.05) is 7.11 Å². The van der Waals surface area contributed by atoms with E-state index >= 15 is 0 Å². The molecule has 0 amide bonds. The van der Waals surface area contributed by atoms with Crippen LogP contribution in [-0.2, 0) is 4.74 Å². The lowest BCUT2D eigenvalue weighted by Gasteiger charge is -2.34. The Kier molecular flexibility index (Phi) is 6.45. The first-order valence-electron chi connectivity index (χ1n) is 8.76. The van der Waals surface area contributed by atoms with Crippen molar-refractivity contribution in [3.05, 3.63) is 53.6 Å². The second kappa shape index (κ2) is 8.33. The molecular weight excluding hydrogens is 268 g/mol. The molecule has 0 N–H and O–H groups in total. The third-order valence-electron chi connectivity index (χ3n) is 4.62. The van der Waals surface area contributed by atoms with E-state index in [9.17, 15) is 0 Å². The van der Waals surface area contributed by atoms with Crippen molar-refractivity contribution in [2.75, 3.05) is 7.11 Å². The number of unbranched alkanes of at least 4 members (excludes halogenated alkanes) is 2. The fourth-order valence-corrected chi connectivity index (χ4v) is 3.26. The first-order chi connectivity index (χ1) is 10.7. The third kappa shape index (κ3) is 4.33. The van der Waals surface area contributed by atoms with Gasteiger partial charge in [-0.25, -0.2) is 0 Å². The molecule has 0 fully saturated rings. The fourth-order valence-electron chi connectivity index (χ4n) is 3.26. The minimum Gasteiger partial charge on any atom is -0.374 e. The van der Waals surface area contributed by atoms with Gasteiger partial charge in [0.2, 0.25) is 0 Å². The summed E-state index contributed by atoms with van der Waals surface area (Å²) in [6.45, 7) is 4.51. The maximum atomic E-state index is 6.03. The Morgan fingerprint density at radius 3 is 2.41 bits per heavy atom. The summed E-state index contributed by atoms with van der Waals surface area (Å²) >= 11 is 0. The van der Waals surface area contributed by atoms with Crippen LogP contribution in [0.4, 0.5) is 0 Å². The van der Waals surface area contributed by atoms with Gasteiger partial charge in [0, 0.05) is 13.5 Å². The standard InChI is InChI=1S/C21H30O/c1-4-6-11-18-15-20(19-12-9-8-10-13-19)17-21(16-18,22-3)14-7-5-2/h8-10,12-13,15-16H,4-7,11,14,17H2,1-3H3. The number of benzene rings is 1. The molecule has 2 rings (SSSR count). The SMILES string of the molecule is CCCCC1=CC(CCCC)(OC)CC(c2ccccc2)=C1. The third-order valence-corrected chi connectivity index (χ3v) is 4.62. The average molecular weight is 298 g/mol. The van der Waals surface area contributed by atoms with Crippen molar-refractivity contribution in [3.63, 3.8) is 0 Å². The molecule has 0 saturated carbocycles. The van der Waals surface area contributed by atoms with E-state index in [0.717, 1.165) is 19.3 Å². The van der Waals surface area contributed by atoms with Crippen molar-refractivity contribution in [1.82, 2.24) is 0 Å². The smallest absolute Gasteiger partial charge is 0.0904 e. The molecule has 22 heavy (non-hydrogen) atoms. The fraction of sp³-hybridized carbons (Fsp3) is 0.524. The number of ether oxygens (including phenoxy) is 1. The summed E-state index contributed by atoms with van der Waals surface area (Å²) in [6.07, 6.45) is 13.0. The van der Waals surface area contributed by atoms with Crippen LogP contribution in [0, 0.1) is 0 Å². The maximum Gasteiger partial charge on any atom is 0.0904 e. The molecule has 0 saturated heterocycles. The Morgan fingerprint density at radius 1 is 1.05 bits per heavy atom. The van der Waals surface area contributed by atoms with Crippen molar-refractivity contribution in [2.24, 2.45) is 0 Å². The Labute approximate surface area is 136 Å². The second-order valence-corrected chi connectivity index (χ2v) is 6.41. The first-order valence-corrected chi connectivity index (χ1v) is 8.76. The van der Waals surface area contributed by atoms with Crippen LogP contribution in [-0.4, -0.2) is 12.7 Å². The van der Waals surface area contributed by atoms with E-state index in [1.165, 1.54) is 42.4 Å². The van der Waals surface area contributed by atoms with Crippen LogP contribution < -0.4 is 0 Å². The van der Waals surface area contributed by atoms with Gasteiger partial charge >= 0.3 is 0 Å². The molecule has 1 aromatic rings. The lowest BCUT2D eigenvalue weighted by molar-refractivity contribution is 0.0260. The second-order valence-electron chi connectivity index (χ2n) is 6.41. The van der Waals surface area contributed by atoms with Crippen molar-refractivity contribution < 1.29 is 4.74 Å². The molecule has 0 radical (unpaired) electrons. The number of allylic oxidation sites excluding steroid dienone is 2. The molecule has 0 aromatic heterocycles. The molecule has 1 aliphatic rings. The van der Waals surface area contributed by atoms with E-state index in [1.54, 1.807) is 0 Å². The van der Waals surface area contributed by atoms with Gasteiger partial charge in [0.05, 0.1) is 5.60 Å². The highest BCUT2D eigenvalue weighted by Crippen LogP contribution is 2.39. The molecule has 0 heterocycles. The summed E-state index contributed by atoms with van der Waals surface area (Å²) in [7, 11) is 1.87. The lowest BCUT2D eigenvalue weighted by atomic mass is 9.79. The minimum atomic E-state index is -0.112. The van der Waals surface area contributed by atoms with Gasteiger partial charge in [0.25, 0.3) is 0 Å². The average Bonchev–Trinajstić information content (AvgIpc) is 2.58. The minimum absolute atomic E-state index is 0.112. The van der Waals surface area contributed by atoms with Crippen LogP contribution in [0.5, 0.6) is 0 Å². The maximum absolute atomic E-state index is 6.03. The zero-order valence-corrected chi connectivity index (χ0v) is 14.4. The van der Waals surface area contributed by atoms with E-state index in [0.29, 0.717) is 0 Å². The highest BCUT2D eigenvalue weighted by Gasteiger charge is 2.31. The van der Waals surface area contributed by atoms with E-state index < -0.39 is 0 Å².